The second-order valence-corrected chi connectivity index (χ2v) is 3.78. The van der Waals surface area contributed by atoms with Gasteiger partial charge in [-0.15, -0.1) is 0 Å². The van der Waals surface area contributed by atoms with E-state index in [0.717, 1.165) is 11.0 Å². The van der Waals surface area contributed by atoms with Gasteiger partial charge in [0.25, 0.3) is 0 Å². The molecule has 0 saturated carbocycles. The van der Waals surface area contributed by atoms with E-state index >= 15 is 0 Å². The molecule has 0 bridgehead atoms. The van der Waals surface area contributed by atoms with E-state index in [-0.39, 0.29) is 5.75 Å². The van der Waals surface area contributed by atoms with Gasteiger partial charge in [-0.3, -0.25) is 0 Å². The predicted octanol–water partition coefficient (Wildman–Crippen LogP) is 1.76. The lowest BCUT2D eigenvalue weighted by Crippen LogP contribution is -2.19. The zero-order valence-electron chi connectivity index (χ0n) is 8.00. The molecule has 0 fully saturated rings. The number of hydrogen-bond acceptors (Lipinski definition) is 4. The smallest absolute Gasteiger partial charge is 0.133 e. The molecule has 1 aromatic carbocycles. The zero-order valence-corrected chi connectivity index (χ0v) is 8.89. The summed E-state index contributed by atoms with van der Waals surface area (Å²) in [6, 6.07) is 7.14. The van der Waals surface area contributed by atoms with Crippen LogP contribution in [-0.4, -0.2) is 22.1 Å². The van der Waals surface area contributed by atoms with Crippen LogP contribution in [-0.2, 0) is 0 Å². The number of aliphatic hydroxyl groups is 2. The standard InChI is InChI=1S/C11H12O3S/c12-9(6-15)11(13)8-1-2-10-7(5-8)3-4-14-10/h1-5,9,11-13,15H,6H2. The molecule has 1 aromatic heterocycles. The summed E-state index contributed by atoms with van der Waals surface area (Å²) in [5.74, 6) is 0.227. The van der Waals surface area contributed by atoms with E-state index < -0.39 is 12.2 Å². The van der Waals surface area contributed by atoms with Crippen LogP contribution in [0.4, 0.5) is 0 Å². The minimum Gasteiger partial charge on any atom is -0.464 e. The van der Waals surface area contributed by atoms with Crippen molar-refractivity contribution in [2.24, 2.45) is 0 Å². The van der Waals surface area contributed by atoms with Crippen LogP contribution in [0, 0.1) is 0 Å². The summed E-state index contributed by atoms with van der Waals surface area (Å²) in [5, 5.41) is 20.1. The highest BCUT2D eigenvalue weighted by Crippen LogP contribution is 2.23. The number of thiol groups is 1. The molecule has 2 aromatic rings. The van der Waals surface area contributed by atoms with Gasteiger partial charge in [-0.1, -0.05) is 6.07 Å². The molecule has 1 heterocycles. The molecule has 0 saturated heterocycles. The van der Waals surface area contributed by atoms with Gasteiger partial charge in [0.1, 0.15) is 11.7 Å². The minimum absolute atomic E-state index is 0.227. The van der Waals surface area contributed by atoms with E-state index in [1.54, 1.807) is 24.5 Å². The average molecular weight is 224 g/mol. The first-order valence-corrected chi connectivity index (χ1v) is 5.30. The topological polar surface area (TPSA) is 53.6 Å². The van der Waals surface area contributed by atoms with Crippen molar-refractivity contribution < 1.29 is 14.6 Å². The number of aliphatic hydroxyl groups excluding tert-OH is 2. The Morgan fingerprint density at radius 2 is 2.07 bits per heavy atom. The third-order valence-corrected chi connectivity index (χ3v) is 2.74. The van der Waals surface area contributed by atoms with Crippen LogP contribution in [0.2, 0.25) is 0 Å². The molecule has 0 aliphatic carbocycles. The molecule has 0 aliphatic heterocycles. The van der Waals surface area contributed by atoms with E-state index in [9.17, 15) is 10.2 Å². The summed E-state index contributed by atoms with van der Waals surface area (Å²) in [5.41, 5.74) is 1.44. The number of furan rings is 1. The summed E-state index contributed by atoms with van der Waals surface area (Å²) in [7, 11) is 0. The molecular weight excluding hydrogens is 212 g/mol. The largest absolute Gasteiger partial charge is 0.464 e. The Morgan fingerprint density at radius 3 is 2.80 bits per heavy atom. The van der Waals surface area contributed by atoms with Gasteiger partial charge in [0.15, 0.2) is 0 Å². The third-order valence-electron chi connectivity index (χ3n) is 2.37. The first-order chi connectivity index (χ1) is 7.22. The molecule has 80 valence electrons. The van der Waals surface area contributed by atoms with Gasteiger partial charge in [0, 0.05) is 11.1 Å². The van der Waals surface area contributed by atoms with Crippen molar-refractivity contribution in [3.05, 3.63) is 36.1 Å². The second kappa shape index (κ2) is 4.26. The van der Waals surface area contributed by atoms with Gasteiger partial charge in [-0.2, -0.15) is 12.6 Å². The SMILES string of the molecule is OC(CS)C(O)c1ccc2occc2c1. The Hall–Kier alpha value is -0.970. The van der Waals surface area contributed by atoms with Gasteiger partial charge in [0.05, 0.1) is 12.4 Å². The van der Waals surface area contributed by atoms with E-state index in [1.807, 2.05) is 6.07 Å². The van der Waals surface area contributed by atoms with Crippen molar-refractivity contribution in [2.45, 2.75) is 12.2 Å². The molecule has 2 unspecified atom stereocenters. The maximum Gasteiger partial charge on any atom is 0.133 e. The average Bonchev–Trinajstić information content (AvgIpc) is 2.73. The molecule has 2 rings (SSSR count). The normalized spacial score (nSPS) is 15.4. The van der Waals surface area contributed by atoms with Crippen molar-refractivity contribution in [1.82, 2.24) is 0 Å². The second-order valence-electron chi connectivity index (χ2n) is 3.41. The van der Waals surface area contributed by atoms with Crippen molar-refractivity contribution in [1.29, 1.82) is 0 Å². The van der Waals surface area contributed by atoms with Crippen LogP contribution in [0.25, 0.3) is 11.0 Å². The van der Waals surface area contributed by atoms with E-state index in [1.165, 1.54) is 0 Å². The maximum atomic E-state index is 9.76. The van der Waals surface area contributed by atoms with Crippen LogP contribution in [0.5, 0.6) is 0 Å². The number of rotatable bonds is 3. The minimum atomic E-state index is -0.901. The fourth-order valence-electron chi connectivity index (χ4n) is 1.49. The molecule has 15 heavy (non-hydrogen) atoms. The Morgan fingerprint density at radius 1 is 1.27 bits per heavy atom. The Bertz CT molecular complexity index is 452. The molecule has 0 radical (unpaired) electrons. The molecule has 0 aliphatic rings. The highest BCUT2D eigenvalue weighted by molar-refractivity contribution is 7.80. The molecule has 3 nitrogen and oxygen atoms in total. The molecule has 4 heteroatoms. The molecule has 2 N–H and O–H groups in total. The van der Waals surface area contributed by atoms with Crippen LogP contribution in [0.3, 0.4) is 0 Å². The number of benzene rings is 1. The predicted molar refractivity (Wildman–Crippen MR) is 61.0 cm³/mol. The summed E-state index contributed by atoms with van der Waals surface area (Å²) in [4.78, 5) is 0. The van der Waals surface area contributed by atoms with Crippen LogP contribution >= 0.6 is 12.6 Å². The first kappa shape index (κ1) is 10.5. The maximum absolute atomic E-state index is 9.76. The summed E-state index contributed by atoms with van der Waals surface area (Å²) in [6.45, 7) is 0. The van der Waals surface area contributed by atoms with Crippen LogP contribution in [0.1, 0.15) is 11.7 Å². The lowest BCUT2D eigenvalue weighted by atomic mass is 10.0. The Kier molecular flexibility index (Phi) is 3.00. The van der Waals surface area contributed by atoms with Gasteiger partial charge >= 0.3 is 0 Å². The van der Waals surface area contributed by atoms with E-state index in [2.05, 4.69) is 12.6 Å². The highest BCUT2D eigenvalue weighted by Gasteiger charge is 2.17. The highest BCUT2D eigenvalue weighted by atomic mass is 32.1. The molecule has 0 amide bonds. The Balaban J connectivity index is 2.35. The van der Waals surface area contributed by atoms with Gasteiger partial charge in [-0.05, 0) is 23.8 Å². The fraction of sp³-hybridized carbons (Fsp3) is 0.273. The van der Waals surface area contributed by atoms with E-state index in [4.69, 9.17) is 4.42 Å². The summed E-state index contributed by atoms with van der Waals surface area (Å²) < 4.78 is 5.18. The Labute approximate surface area is 92.7 Å². The summed E-state index contributed by atoms with van der Waals surface area (Å²) >= 11 is 3.94. The lowest BCUT2D eigenvalue weighted by molar-refractivity contribution is 0.0338. The molecule has 2 atom stereocenters. The van der Waals surface area contributed by atoms with Gasteiger partial charge in [0.2, 0.25) is 0 Å². The third kappa shape index (κ3) is 2.02. The van der Waals surface area contributed by atoms with Crippen molar-refractivity contribution in [3.63, 3.8) is 0 Å². The van der Waals surface area contributed by atoms with Gasteiger partial charge < -0.3 is 14.6 Å². The van der Waals surface area contributed by atoms with Crippen molar-refractivity contribution in [3.8, 4) is 0 Å². The van der Waals surface area contributed by atoms with Crippen molar-refractivity contribution >= 4 is 23.6 Å². The fourth-order valence-corrected chi connectivity index (χ4v) is 1.69. The first-order valence-electron chi connectivity index (χ1n) is 4.66. The van der Waals surface area contributed by atoms with Gasteiger partial charge in [-0.25, -0.2) is 0 Å². The quantitative estimate of drug-likeness (QED) is 0.696. The summed E-state index contributed by atoms with van der Waals surface area (Å²) in [6.07, 6.45) is -0.157. The number of fused-ring (bicyclic) bond motifs is 1. The van der Waals surface area contributed by atoms with E-state index in [0.29, 0.717) is 5.56 Å². The number of hydrogen-bond donors (Lipinski definition) is 3. The zero-order chi connectivity index (χ0) is 10.8. The molecular formula is C11H12O3S. The molecule has 0 spiro atoms. The van der Waals surface area contributed by atoms with Crippen molar-refractivity contribution in [2.75, 3.05) is 5.75 Å². The van der Waals surface area contributed by atoms with Crippen LogP contribution in [0.15, 0.2) is 34.9 Å². The van der Waals surface area contributed by atoms with Crippen LogP contribution < -0.4 is 0 Å². The monoisotopic (exact) mass is 224 g/mol. The lowest BCUT2D eigenvalue weighted by Gasteiger charge is -2.15.